The summed E-state index contributed by atoms with van der Waals surface area (Å²) in [5.74, 6) is 0.128. The smallest absolute Gasteiger partial charge is 0.336 e. The summed E-state index contributed by atoms with van der Waals surface area (Å²) in [5.41, 5.74) is 0.656. The van der Waals surface area contributed by atoms with Crippen LogP contribution < -0.4 is 15.1 Å². The molecule has 1 atom stereocenters. The van der Waals surface area contributed by atoms with Crippen LogP contribution in [0.25, 0.3) is 11.0 Å². The molecule has 3 aromatic rings. The van der Waals surface area contributed by atoms with Gasteiger partial charge in [-0.15, -0.1) is 0 Å². The van der Waals surface area contributed by atoms with Crippen LogP contribution in [-0.2, 0) is 10.0 Å². The van der Waals surface area contributed by atoms with Crippen molar-refractivity contribution in [1.29, 1.82) is 0 Å². The zero-order chi connectivity index (χ0) is 19.6. The molecule has 0 aliphatic carbocycles. The lowest BCUT2D eigenvalue weighted by Crippen LogP contribution is -2.24. The first-order valence-electron chi connectivity index (χ1n) is 8.04. The fourth-order valence-corrected chi connectivity index (χ4v) is 3.09. The number of hydrogen-bond donors (Lipinski definition) is 1. The Bertz CT molecular complexity index is 1150. The molecule has 0 fully saturated rings. The number of carbonyl (C=O) groups excluding carboxylic acids is 1. The molecule has 0 aliphatic rings. The van der Waals surface area contributed by atoms with Crippen LogP contribution in [0.2, 0.25) is 0 Å². The molecule has 0 saturated heterocycles. The van der Waals surface area contributed by atoms with Crippen LogP contribution in [-0.4, -0.2) is 26.6 Å². The van der Waals surface area contributed by atoms with Crippen molar-refractivity contribution in [3.8, 4) is 5.75 Å². The highest BCUT2D eigenvalue weighted by molar-refractivity contribution is 7.92. The summed E-state index contributed by atoms with van der Waals surface area (Å²) in [5, 5.41) is 0.745. The van der Waals surface area contributed by atoms with E-state index in [1.54, 1.807) is 31.2 Å². The number of hydrogen-bond acceptors (Lipinski definition) is 6. The van der Waals surface area contributed by atoms with Crippen molar-refractivity contribution in [2.45, 2.75) is 13.0 Å². The Kier molecular flexibility index (Phi) is 5.00. The number of ketones is 1. The first-order chi connectivity index (χ1) is 12.7. The molecule has 1 heterocycles. The van der Waals surface area contributed by atoms with Gasteiger partial charge in [-0.05, 0) is 49.4 Å². The Hall–Kier alpha value is -3.13. The molecule has 0 unspecified atom stereocenters. The molecule has 140 valence electrons. The van der Waals surface area contributed by atoms with Crippen molar-refractivity contribution in [2.75, 3.05) is 11.0 Å². The number of fused-ring (bicyclic) bond motifs is 1. The van der Waals surface area contributed by atoms with Gasteiger partial charge in [0.15, 0.2) is 6.10 Å². The van der Waals surface area contributed by atoms with E-state index in [0.717, 1.165) is 11.6 Å². The van der Waals surface area contributed by atoms with Gasteiger partial charge in [0.25, 0.3) is 0 Å². The second-order valence-electron chi connectivity index (χ2n) is 6.03. The average molecular weight is 387 g/mol. The van der Waals surface area contributed by atoms with Gasteiger partial charge in [-0.1, -0.05) is 0 Å². The van der Waals surface area contributed by atoms with Crippen molar-refractivity contribution in [2.24, 2.45) is 0 Å². The van der Waals surface area contributed by atoms with Gasteiger partial charge < -0.3 is 9.15 Å². The molecule has 2 aromatic carbocycles. The van der Waals surface area contributed by atoms with Gasteiger partial charge in [0, 0.05) is 28.8 Å². The van der Waals surface area contributed by atoms with E-state index in [2.05, 4.69) is 4.72 Å². The summed E-state index contributed by atoms with van der Waals surface area (Å²) in [7, 11) is -3.38. The lowest BCUT2D eigenvalue weighted by atomic mass is 10.1. The summed E-state index contributed by atoms with van der Waals surface area (Å²) in [6.07, 6.45) is 0.264. The van der Waals surface area contributed by atoms with Gasteiger partial charge in [-0.25, -0.2) is 13.2 Å². The molecular weight excluding hydrogens is 370 g/mol. The minimum absolute atomic E-state index is 0.268. The largest absolute Gasteiger partial charge is 0.482 e. The van der Waals surface area contributed by atoms with Gasteiger partial charge in [0.1, 0.15) is 11.3 Å². The number of ether oxygens (including phenoxy) is 1. The third kappa shape index (κ3) is 4.73. The van der Waals surface area contributed by atoms with Crippen LogP contribution in [0.5, 0.6) is 5.75 Å². The number of sulfonamides is 1. The summed E-state index contributed by atoms with van der Waals surface area (Å²) < 4.78 is 35.5. The van der Waals surface area contributed by atoms with Crippen LogP contribution >= 0.6 is 0 Å². The van der Waals surface area contributed by atoms with Gasteiger partial charge >= 0.3 is 5.63 Å². The minimum atomic E-state index is -3.38. The molecule has 0 spiro atoms. The Morgan fingerprint density at radius 1 is 1.07 bits per heavy atom. The van der Waals surface area contributed by atoms with Crippen LogP contribution in [0, 0.1) is 0 Å². The third-order valence-corrected chi connectivity index (χ3v) is 4.36. The molecule has 7 nitrogen and oxygen atoms in total. The second-order valence-corrected chi connectivity index (χ2v) is 7.78. The lowest BCUT2D eigenvalue weighted by molar-refractivity contribution is 0.0818. The van der Waals surface area contributed by atoms with E-state index in [1.165, 1.54) is 30.3 Å². The van der Waals surface area contributed by atoms with Gasteiger partial charge in [0.2, 0.25) is 15.8 Å². The standard InChI is InChI=1S/C19H17NO6S/c1-12(19(22)14-3-7-15(8-4-14)20-27(2,23)24)25-16-9-5-13-6-10-18(21)26-17(13)11-16/h3-12,20H,1-2H3/t12-/m0/s1. The van der Waals surface area contributed by atoms with Gasteiger partial charge in [-0.2, -0.15) is 0 Å². The second kappa shape index (κ2) is 7.24. The number of nitrogens with one attached hydrogen (secondary N) is 1. The van der Waals surface area contributed by atoms with Crippen molar-refractivity contribution in [3.05, 3.63) is 70.6 Å². The molecule has 0 radical (unpaired) electrons. The number of anilines is 1. The number of rotatable bonds is 6. The number of carbonyl (C=O) groups is 1. The van der Waals surface area contributed by atoms with Crippen LogP contribution in [0.1, 0.15) is 17.3 Å². The Balaban J connectivity index is 1.74. The maximum Gasteiger partial charge on any atom is 0.336 e. The third-order valence-electron chi connectivity index (χ3n) is 3.75. The van der Waals surface area contributed by atoms with Crippen molar-refractivity contribution >= 4 is 32.5 Å². The zero-order valence-corrected chi connectivity index (χ0v) is 15.4. The molecule has 27 heavy (non-hydrogen) atoms. The molecular formula is C19H17NO6S. The van der Waals surface area contributed by atoms with E-state index < -0.39 is 21.8 Å². The molecule has 1 aromatic heterocycles. The lowest BCUT2D eigenvalue weighted by Gasteiger charge is -2.14. The summed E-state index contributed by atoms with van der Waals surface area (Å²) in [6.45, 7) is 1.61. The van der Waals surface area contributed by atoms with Crippen molar-refractivity contribution in [1.82, 2.24) is 0 Å². The predicted octanol–water partition coefficient (Wildman–Crippen LogP) is 2.81. The Morgan fingerprint density at radius 3 is 2.41 bits per heavy atom. The maximum atomic E-state index is 12.5. The average Bonchev–Trinajstić information content (AvgIpc) is 2.60. The van der Waals surface area contributed by atoms with E-state index in [4.69, 9.17) is 9.15 Å². The summed E-state index contributed by atoms with van der Waals surface area (Å²) in [6, 6.07) is 14.0. The first kappa shape index (κ1) is 18.7. The number of benzene rings is 2. The Morgan fingerprint density at radius 2 is 1.74 bits per heavy atom. The van der Waals surface area contributed by atoms with Crippen molar-refractivity contribution < 1.29 is 22.4 Å². The molecule has 0 aliphatic heterocycles. The number of Topliss-reactive ketones (excluding diaryl/α,β-unsaturated/α-hetero) is 1. The molecule has 3 rings (SSSR count). The monoisotopic (exact) mass is 387 g/mol. The predicted molar refractivity (Wildman–Crippen MR) is 102 cm³/mol. The fraction of sp³-hybridized carbons (Fsp3) is 0.158. The zero-order valence-electron chi connectivity index (χ0n) is 14.6. The highest BCUT2D eigenvalue weighted by Crippen LogP contribution is 2.21. The van der Waals surface area contributed by atoms with Gasteiger partial charge in [0.05, 0.1) is 6.26 Å². The minimum Gasteiger partial charge on any atom is -0.482 e. The van der Waals surface area contributed by atoms with E-state index in [0.29, 0.717) is 22.6 Å². The fourth-order valence-electron chi connectivity index (χ4n) is 2.52. The summed E-state index contributed by atoms with van der Waals surface area (Å²) >= 11 is 0. The van der Waals surface area contributed by atoms with Crippen LogP contribution in [0.3, 0.4) is 0 Å². The highest BCUT2D eigenvalue weighted by Gasteiger charge is 2.17. The molecule has 0 saturated carbocycles. The normalized spacial score (nSPS) is 12.5. The van der Waals surface area contributed by atoms with Crippen LogP contribution in [0.15, 0.2) is 63.8 Å². The van der Waals surface area contributed by atoms with E-state index in [-0.39, 0.29) is 5.78 Å². The quantitative estimate of drug-likeness (QED) is 0.515. The van der Waals surface area contributed by atoms with E-state index >= 15 is 0 Å². The van der Waals surface area contributed by atoms with E-state index in [9.17, 15) is 18.0 Å². The first-order valence-corrected chi connectivity index (χ1v) is 9.93. The van der Waals surface area contributed by atoms with E-state index in [1.807, 2.05) is 0 Å². The summed E-state index contributed by atoms with van der Waals surface area (Å²) in [4.78, 5) is 23.8. The SMILES string of the molecule is C[C@H](Oc1ccc2ccc(=O)oc2c1)C(=O)c1ccc(NS(C)(=O)=O)cc1. The highest BCUT2D eigenvalue weighted by atomic mass is 32.2. The Labute approximate surface area is 155 Å². The maximum absolute atomic E-state index is 12.5. The molecule has 1 N–H and O–H groups in total. The topological polar surface area (TPSA) is 103 Å². The molecule has 8 heteroatoms. The van der Waals surface area contributed by atoms with Crippen molar-refractivity contribution in [3.63, 3.8) is 0 Å². The van der Waals surface area contributed by atoms with Gasteiger partial charge in [-0.3, -0.25) is 9.52 Å². The molecule has 0 bridgehead atoms. The van der Waals surface area contributed by atoms with Crippen LogP contribution in [0.4, 0.5) is 5.69 Å². The molecule has 0 amide bonds.